The van der Waals surface area contributed by atoms with Gasteiger partial charge in [0.1, 0.15) is 0 Å². The number of benzene rings is 13. The monoisotopic (exact) mass is 1080 g/mol. The molecule has 17 rings (SSSR count). The fraction of sp³-hybridized carbons (Fsp3) is 0.0602. The minimum absolute atomic E-state index is 0.187. The third-order valence-electron chi connectivity index (χ3n) is 19.3. The molecule has 0 N–H and O–H groups in total. The average Bonchev–Trinajstić information content (AvgIpc) is 1.61. The molecule has 0 saturated heterocycles. The molecule has 0 fully saturated rings. The first-order chi connectivity index (χ1) is 42.0. The van der Waals surface area contributed by atoms with Gasteiger partial charge in [0, 0.05) is 39.3 Å². The van der Waals surface area contributed by atoms with Crippen LogP contribution in [0.4, 0.5) is 34.1 Å². The molecule has 0 atom stereocenters. The van der Waals surface area contributed by atoms with Crippen molar-refractivity contribution in [3.8, 4) is 55.6 Å². The summed E-state index contributed by atoms with van der Waals surface area (Å²) in [5, 5.41) is 0. The molecule has 2 heteroatoms. The predicted molar refractivity (Wildman–Crippen MR) is 352 cm³/mol. The van der Waals surface area contributed by atoms with Gasteiger partial charge in [-0.1, -0.05) is 269 Å². The van der Waals surface area contributed by atoms with E-state index in [1.807, 2.05) is 0 Å². The molecule has 0 unspecified atom stereocenters. The molecule has 0 heterocycles. The number of nitrogens with zero attached hydrogens (tertiary/aromatic N) is 2. The highest BCUT2D eigenvalue weighted by atomic mass is 15.2. The molecule has 4 aliphatic carbocycles. The number of anilines is 6. The average molecular weight is 1080 g/mol. The van der Waals surface area contributed by atoms with Crippen LogP contribution in [-0.4, -0.2) is 0 Å². The van der Waals surface area contributed by atoms with Crippen LogP contribution in [0.25, 0.3) is 55.6 Å². The molecule has 0 aromatic heterocycles. The van der Waals surface area contributed by atoms with Crippen molar-refractivity contribution in [2.75, 3.05) is 9.80 Å². The SMILES string of the molecule is CC1(C)c2ccccc2-c2ccc(N(c3ccc4c(c3)C3(c5ccccc5-4)c4ccccc4C4(c5ccccc5-c5c(N(c6ccccc6)c6ccc(-c7ccccc7)cc6)cccc54)c4ccccc43)c3ccccc3-c3ccccc3)cc21. The molecular weight excluding hydrogens is 1020 g/mol. The van der Waals surface area contributed by atoms with E-state index in [4.69, 9.17) is 0 Å². The van der Waals surface area contributed by atoms with E-state index in [-0.39, 0.29) is 5.41 Å². The molecule has 400 valence electrons. The van der Waals surface area contributed by atoms with E-state index < -0.39 is 10.8 Å². The first-order valence-electron chi connectivity index (χ1n) is 29.8. The number of hydrogen-bond acceptors (Lipinski definition) is 2. The zero-order valence-corrected chi connectivity index (χ0v) is 47.4. The highest BCUT2D eigenvalue weighted by Gasteiger charge is 2.59. The first kappa shape index (κ1) is 49.1. The van der Waals surface area contributed by atoms with Crippen molar-refractivity contribution in [1.29, 1.82) is 0 Å². The lowest BCUT2D eigenvalue weighted by Crippen LogP contribution is -2.43. The van der Waals surface area contributed by atoms with Crippen molar-refractivity contribution < 1.29 is 0 Å². The Hall–Kier alpha value is -10.5. The van der Waals surface area contributed by atoms with Crippen LogP contribution >= 0.6 is 0 Å². The zero-order valence-electron chi connectivity index (χ0n) is 47.4. The fourth-order valence-electron chi connectivity index (χ4n) is 15.9. The van der Waals surface area contributed by atoms with E-state index >= 15 is 0 Å². The lowest BCUT2D eigenvalue weighted by molar-refractivity contribution is 0.633. The van der Waals surface area contributed by atoms with Gasteiger partial charge in [0.15, 0.2) is 0 Å². The summed E-state index contributed by atoms with van der Waals surface area (Å²) in [6.45, 7) is 4.77. The second-order valence-corrected chi connectivity index (χ2v) is 23.8. The Kier molecular flexibility index (Phi) is 10.8. The normalized spacial score (nSPS) is 16.5. The van der Waals surface area contributed by atoms with Crippen molar-refractivity contribution in [2.45, 2.75) is 30.1 Å². The van der Waals surface area contributed by atoms with Gasteiger partial charge in [-0.3, -0.25) is 0 Å². The van der Waals surface area contributed by atoms with Gasteiger partial charge in [0.2, 0.25) is 0 Å². The smallest absolute Gasteiger partial charge is 0.0720 e. The summed E-state index contributed by atoms with van der Waals surface area (Å²) < 4.78 is 0. The molecule has 2 nitrogen and oxygen atoms in total. The molecule has 0 amide bonds. The summed E-state index contributed by atoms with van der Waals surface area (Å²) in [5.74, 6) is 0. The predicted octanol–water partition coefficient (Wildman–Crippen LogP) is 21.3. The minimum atomic E-state index is -0.696. The van der Waals surface area contributed by atoms with Crippen LogP contribution in [0.3, 0.4) is 0 Å². The maximum atomic E-state index is 2.56. The van der Waals surface area contributed by atoms with Crippen LogP contribution in [0.1, 0.15) is 69.5 Å². The van der Waals surface area contributed by atoms with Crippen LogP contribution in [0.15, 0.2) is 315 Å². The molecule has 0 aliphatic heterocycles. The van der Waals surface area contributed by atoms with Crippen molar-refractivity contribution in [3.05, 3.63) is 371 Å². The maximum Gasteiger partial charge on any atom is 0.0720 e. The second kappa shape index (κ2) is 18.7. The summed E-state index contributed by atoms with van der Waals surface area (Å²) in [4.78, 5) is 5.01. The summed E-state index contributed by atoms with van der Waals surface area (Å²) in [7, 11) is 0. The summed E-state index contributed by atoms with van der Waals surface area (Å²) in [6.07, 6.45) is 0. The molecule has 85 heavy (non-hydrogen) atoms. The van der Waals surface area contributed by atoms with Crippen LogP contribution in [0.2, 0.25) is 0 Å². The van der Waals surface area contributed by atoms with Crippen molar-refractivity contribution in [2.24, 2.45) is 0 Å². The van der Waals surface area contributed by atoms with E-state index in [1.165, 1.54) is 111 Å². The number of rotatable bonds is 8. The minimum Gasteiger partial charge on any atom is -0.310 e. The second-order valence-electron chi connectivity index (χ2n) is 23.8. The fourth-order valence-corrected chi connectivity index (χ4v) is 15.9. The third kappa shape index (κ3) is 6.88. The lowest BCUT2D eigenvalue weighted by atomic mass is 9.52. The standard InChI is InChI=1S/C83H58N2/c1-81(2)68-35-16-12-32-63(68)65-51-49-60(53-76(65)81)85(78-43-23-15-31-62(78)57-27-8-4-9-28-57)61-50-52-66-64-33-13-17-36-69(64)83(77(66)54-61)73-40-21-19-38-71(73)82(72-39-20-22-41-74(72)83)70-37-18-14-34-67(70)80-75(82)42-24-44-79(80)84(58-29-10-5-11-30-58)59-47-45-56(46-48-59)55-25-6-3-7-26-55/h3-54H,1-2H3. The Morgan fingerprint density at radius 2 is 0.576 bits per heavy atom. The Balaban J connectivity index is 0.910. The molecule has 0 radical (unpaired) electrons. The van der Waals surface area contributed by atoms with Gasteiger partial charge in [-0.15, -0.1) is 0 Å². The van der Waals surface area contributed by atoms with Gasteiger partial charge >= 0.3 is 0 Å². The van der Waals surface area contributed by atoms with Crippen LogP contribution < -0.4 is 9.80 Å². The first-order valence-corrected chi connectivity index (χ1v) is 29.8. The van der Waals surface area contributed by atoms with E-state index in [2.05, 4.69) is 339 Å². The van der Waals surface area contributed by atoms with Gasteiger partial charge in [-0.2, -0.15) is 0 Å². The van der Waals surface area contributed by atoms with Crippen molar-refractivity contribution >= 4 is 34.1 Å². The maximum absolute atomic E-state index is 2.56. The van der Waals surface area contributed by atoms with Gasteiger partial charge in [-0.05, 0) is 161 Å². The molecular formula is C83H58N2. The Bertz CT molecular complexity index is 4760. The van der Waals surface area contributed by atoms with E-state index in [1.54, 1.807) is 0 Å². The topological polar surface area (TPSA) is 6.48 Å². The molecule has 2 spiro atoms. The van der Waals surface area contributed by atoms with Crippen LogP contribution in [-0.2, 0) is 16.2 Å². The van der Waals surface area contributed by atoms with Gasteiger partial charge in [0.25, 0.3) is 0 Å². The summed E-state index contributed by atoms with van der Waals surface area (Å²) in [6, 6.07) is 119. The molecule has 4 aliphatic rings. The highest BCUT2D eigenvalue weighted by Crippen LogP contribution is 2.69. The largest absolute Gasteiger partial charge is 0.310 e. The lowest BCUT2D eigenvalue weighted by Gasteiger charge is -2.49. The Morgan fingerprint density at radius 3 is 1.19 bits per heavy atom. The van der Waals surface area contributed by atoms with Crippen LogP contribution in [0, 0.1) is 0 Å². The van der Waals surface area contributed by atoms with Crippen molar-refractivity contribution in [3.63, 3.8) is 0 Å². The van der Waals surface area contributed by atoms with Gasteiger partial charge < -0.3 is 9.80 Å². The molecule has 0 bridgehead atoms. The Morgan fingerprint density at radius 1 is 0.212 bits per heavy atom. The molecule has 0 saturated carbocycles. The zero-order chi connectivity index (χ0) is 56.4. The van der Waals surface area contributed by atoms with E-state index in [0.29, 0.717) is 0 Å². The Labute approximate surface area is 497 Å². The molecule has 13 aromatic carbocycles. The molecule has 13 aromatic rings. The number of hydrogen-bond donors (Lipinski definition) is 0. The van der Waals surface area contributed by atoms with E-state index in [9.17, 15) is 0 Å². The number of para-hydroxylation sites is 2. The quantitative estimate of drug-likeness (QED) is 0.150. The van der Waals surface area contributed by atoms with Crippen molar-refractivity contribution in [1.82, 2.24) is 0 Å². The highest BCUT2D eigenvalue weighted by molar-refractivity contribution is 6.01. The third-order valence-corrected chi connectivity index (χ3v) is 19.3. The number of fused-ring (bicyclic) bond motifs is 19. The van der Waals surface area contributed by atoms with Gasteiger partial charge in [0.05, 0.1) is 22.2 Å². The van der Waals surface area contributed by atoms with E-state index in [0.717, 1.165) is 34.1 Å². The summed E-state index contributed by atoms with van der Waals surface area (Å²) >= 11 is 0. The van der Waals surface area contributed by atoms with Gasteiger partial charge in [-0.25, -0.2) is 0 Å². The summed E-state index contributed by atoms with van der Waals surface area (Å²) in [5.41, 5.74) is 30.6. The van der Waals surface area contributed by atoms with Crippen LogP contribution in [0.5, 0.6) is 0 Å².